The maximum absolute atomic E-state index is 11.2. The van der Waals surface area contributed by atoms with Crippen molar-refractivity contribution in [3.63, 3.8) is 0 Å². The summed E-state index contributed by atoms with van der Waals surface area (Å²) in [4.78, 5) is 15.1. The van der Waals surface area contributed by atoms with Gasteiger partial charge in [0.05, 0.1) is 9.95 Å². The average Bonchev–Trinajstić information content (AvgIpc) is 2.38. The fourth-order valence-electron chi connectivity index (χ4n) is 2.29. The van der Waals surface area contributed by atoms with Crippen LogP contribution in [0, 0.1) is 10.1 Å². The number of nitro groups is 1. The van der Waals surface area contributed by atoms with E-state index in [0.717, 1.165) is 32.7 Å². The molecule has 0 unspecified atom stereocenters. The maximum Gasteiger partial charge on any atom is 0.295 e. The van der Waals surface area contributed by atoms with E-state index in [-0.39, 0.29) is 10.6 Å². The van der Waals surface area contributed by atoms with Crippen molar-refractivity contribution in [3.05, 3.63) is 31.7 Å². The Morgan fingerprint density at radius 3 is 2.53 bits per heavy atom. The second kappa shape index (κ2) is 6.07. The Bertz CT molecular complexity index is 490. The lowest BCUT2D eigenvalue weighted by Gasteiger charge is -2.35. The Labute approximate surface area is 125 Å². The van der Waals surface area contributed by atoms with Gasteiger partial charge in [-0.25, -0.2) is 0 Å². The first-order valence-electron chi connectivity index (χ1n) is 6.13. The minimum Gasteiger partial charge on any atom is -0.362 e. The van der Waals surface area contributed by atoms with Gasteiger partial charge in [-0.1, -0.05) is 34.5 Å². The number of nitrogens with zero attached hydrogens (tertiary/aromatic N) is 3. The second-order valence-electron chi connectivity index (χ2n) is 4.43. The second-order valence-corrected chi connectivity index (χ2v) is 5.76. The molecule has 0 aromatic heterocycles. The van der Waals surface area contributed by atoms with Gasteiger partial charge in [-0.05, 0) is 12.6 Å². The zero-order valence-electron chi connectivity index (χ0n) is 10.6. The molecular weight excluding hydrogens is 334 g/mol. The Morgan fingerprint density at radius 1 is 1.37 bits per heavy atom. The van der Waals surface area contributed by atoms with Crippen LogP contribution in [0.25, 0.3) is 0 Å². The predicted octanol–water partition coefficient (Wildman–Crippen LogP) is 3.15. The molecule has 1 saturated heterocycles. The highest BCUT2D eigenvalue weighted by molar-refractivity contribution is 9.10. The monoisotopic (exact) mass is 347 g/mol. The van der Waals surface area contributed by atoms with Gasteiger partial charge in [0.1, 0.15) is 5.69 Å². The number of benzene rings is 1. The summed E-state index contributed by atoms with van der Waals surface area (Å²) in [5.41, 5.74) is 0.593. The molecule has 7 heteroatoms. The minimum atomic E-state index is -0.377. The minimum absolute atomic E-state index is 0.0596. The van der Waals surface area contributed by atoms with Crippen LogP contribution >= 0.6 is 27.5 Å². The van der Waals surface area contributed by atoms with E-state index in [0.29, 0.717) is 15.2 Å². The van der Waals surface area contributed by atoms with Crippen LogP contribution in [-0.4, -0.2) is 42.5 Å². The molecule has 0 N–H and O–H groups in total. The molecule has 1 heterocycles. The number of halogens is 2. The lowest BCUT2D eigenvalue weighted by atomic mass is 10.2. The van der Waals surface area contributed by atoms with Gasteiger partial charge in [0, 0.05) is 36.7 Å². The zero-order chi connectivity index (χ0) is 14.0. The number of piperazine rings is 1. The molecule has 1 aromatic rings. The number of anilines is 1. The highest BCUT2D eigenvalue weighted by Crippen LogP contribution is 2.38. The van der Waals surface area contributed by atoms with Crippen molar-refractivity contribution in [1.29, 1.82) is 0 Å². The summed E-state index contributed by atoms with van der Waals surface area (Å²) in [6.07, 6.45) is 0. The molecule has 0 spiro atoms. The Kier molecular flexibility index (Phi) is 4.65. The van der Waals surface area contributed by atoms with Crippen LogP contribution in [0.1, 0.15) is 6.92 Å². The third-order valence-corrected chi connectivity index (χ3v) is 4.09. The van der Waals surface area contributed by atoms with Crippen molar-refractivity contribution in [2.45, 2.75) is 6.92 Å². The van der Waals surface area contributed by atoms with Crippen molar-refractivity contribution < 1.29 is 4.92 Å². The van der Waals surface area contributed by atoms with E-state index in [9.17, 15) is 10.1 Å². The number of nitro benzene ring substituents is 1. The molecule has 104 valence electrons. The molecule has 5 nitrogen and oxygen atoms in total. The van der Waals surface area contributed by atoms with Gasteiger partial charge < -0.3 is 9.80 Å². The van der Waals surface area contributed by atoms with Crippen molar-refractivity contribution in [1.82, 2.24) is 4.90 Å². The van der Waals surface area contributed by atoms with Gasteiger partial charge in [-0.3, -0.25) is 10.1 Å². The lowest BCUT2D eigenvalue weighted by Crippen LogP contribution is -2.46. The molecule has 1 aliphatic rings. The zero-order valence-corrected chi connectivity index (χ0v) is 12.9. The molecule has 1 fully saturated rings. The van der Waals surface area contributed by atoms with E-state index in [1.165, 1.54) is 6.07 Å². The van der Waals surface area contributed by atoms with Crippen LogP contribution in [0.4, 0.5) is 11.4 Å². The van der Waals surface area contributed by atoms with Crippen LogP contribution in [0.15, 0.2) is 16.6 Å². The highest BCUT2D eigenvalue weighted by atomic mass is 79.9. The van der Waals surface area contributed by atoms with E-state index in [1.54, 1.807) is 6.07 Å². The van der Waals surface area contributed by atoms with Gasteiger partial charge in [-0.15, -0.1) is 0 Å². The summed E-state index contributed by atoms with van der Waals surface area (Å²) in [7, 11) is 0. The summed E-state index contributed by atoms with van der Waals surface area (Å²) < 4.78 is 0.625. The number of likely N-dealkylation sites (N-methyl/N-ethyl adjacent to an activating group) is 1. The van der Waals surface area contributed by atoms with Gasteiger partial charge in [0.15, 0.2) is 0 Å². The van der Waals surface area contributed by atoms with Crippen LogP contribution in [0.5, 0.6) is 0 Å². The quantitative estimate of drug-likeness (QED) is 0.622. The largest absolute Gasteiger partial charge is 0.362 e. The number of rotatable bonds is 3. The van der Waals surface area contributed by atoms with Crippen molar-refractivity contribution in [3.8, 4) is 0 Å². The molecular formula is C12H15BrClN3O2. The molecule has 1 aliphatic heterocycles. The van der Waals surface area contributed by atoms with Gasteiger partial charge in [0.2, 0.25) is 0 Å². The average molecular weight is 349 g/mol. The first-order valence-corrected chi connectivity index (χ1v) is 7.30. The molecule has 0 bridgehead atoms. The normalized spacial score (nSPS) is 16.7. The first kappa shape index (κ1) is 14.6. The van der Waals surface area contributed by atoms with Gasteiger partial charge in [0.25, 0.3) is 5.69 Å². The molecule has 0 amide bonds. The maximum atomic E-state index is 11.2. The molecule has 0 aliphatic carbocycles. The Balaban J connectivity index is 2.32. The topological polar surface area (TPSA) is 49.6 Å². The van der Waals surface area contributed by atoms with E-state index >= 15 is 0 Å². The van der Waals surface area contributed by atoms with Gasteiger partial charge in [-0.2, -0.15) is 0 Å². The summed E-state index contributed by atoms with van der Waals surface area (Å²) >= 11 is 9.44. The van der Waals surface area contributed by atoms with Crippen molar-refractivity contribution >= 4 is 38.9 Å². The molecule has 2 rings (SSSR count). The van der Waals surface area contributed by atoms with Crippen molar-refractivity contribution in [2.75, 3.05) is 37.6 Å². The fourth-order valence-corrected chi connectivity index (χ4v) is 3.20. The number of hydrogen-bond acceptors (Lipinski definition) is 4. The van der Waals surface area contributed by atoms with Crippen molar-refractivity contribution in [2.24, 2.45) is 0 Å². The molecule has 0 saturated carbocycles. The third-order valence-electron chi connectivity index (χ3n) is 3.34. The molecule has 0 radical (unpaired) electrons. The lowest BCUT2D eigenvalue weighted by molar-refractivity contribution is -0.384. The third kappa shape index (κ3) is 3.19. The van der Waals surface area contributed by atoms with Gasteiger partial charge >= 0.3 is 0 Å². The predicted molar refractivity (Wildman–Crippen MR) is 80.1 cm³/mol. The smallest absolute Gasteiger partial charge is 0.295 e. The van der Waals surface area contributed by atoms with Crippen LogP contribution in [0.3, 0.4) is 0 Å². The van der Waals surface area contributed by atoms with Crippen LogP contribution in [-0.2, 0) is 0 Å². The van der Waals surface area contributed by atoms with Crippen LogP contribution < -0.4 is 4.90 Å². The Hall–Kier alpha value is -0.850. The SMILES string of the molecule is CCN1CCN(c2c(Cl)cc(Br)cc2[N+](=O)[O-])CC1. The molecule has 1 aromatic carbocycles. The molecule has 19 heavy (non-hydrogen) atoms. The number of hydrogen-bond donors (Lipinski definition) is 0. The summed E-state index contributed by atoms with van der Waals surface area (Å²) in [5.74, 6) is 0. The summed E-state index contributed by atoms with van der Waals surface area (Å²) in [6, 6.07) is 3.21. The van der Waals surface area contributed by atoms with E-state index < -0.39 is 0 Å². The summed E-state index contributed by atoms with van der Waals surface area (Å²) in [6.45, 7) is 6.45. The highest BCUT2D eigenvalue weighted by Gasteiger charge is 2.26. The first-order chi connectivity index (χ1) is 9.02. The van der Waals surface area contributed by atoms with Crippen LogP contribution in [0.2, 0.25) is 5.02 Å². The Morgan fingerprint density at radius 2 is 2.00 bits per heavy atom. The van der Waals surface area contributed by atoms with E-state index in [4.69, 9.17) is 11.6 Å². The fraction of sp³-hybridized carbons (Fsp3) is 0.500. The summed E-state index contributed by atoms with van der Waals surface area (Å²) in [5, 5.41) is 11.6. The standard InChI is InChI=1S/C12H15BrClN3O2/c1-2-15-3-5-16(6-4-15)12-10(14)7-9(13)8-11(12)17(18)19/h7-8H,2-6H2,1H3. The van der Waals surface area contributed by atoms with E-state index in [2.05, 4.69) is 27.8 Å². The van der Waals surface area contributed by atoms with E-state index in [1.807, 2.05) is 4.90 Å². The molecule has 0 atom stereocenters.